The summed E-state index contributed by atoms with van der Waals surface area (Å²) in [7, 11) is 0. The lowest BCUT2D eigenvalue weighted by Crippen LogP contribution is -2.40. The van der Waals surface area contributed by atoms with Gasteiger partial charge >= 0.3 is 5.97 Å². The summed E-state index contributed by atoms with van der Waals surface area (Å²) < 4.78 is 8.83. The van der Waals surface area contributed by atoms with Gasteiger partial charge in [-0.2, -0.15) is 0 Å². The fourth-order valence-electron chi connectivity index (χ4n) is 6.45. The van der Waals surface area contributed by atoms with Gasteiger partial charge in [0.05, 0.1) is 18.6 Å². The van der Waals surface area contributed by atoms with Crippen molar-refractivity contribution < 1.29 is 19.4 Å². The molecule has 0 unspecified atom stereocenters. The van der Waals surface area contributed by atoms with E-state index in [1.807, 2.05) is 91.0 Å². The number of carboxylic acid groups (broad SMARTS) is 1. The molecule has 1 aromatic heterocycles. The van der Waals surface area contributed by atoms with E-state index in [-0.39, 0.29) is 18.5 Å². The maximum Gasteiger partial charge on any atom is 0.310 e. The molecular formula is C30H24BrN5O4. The second kappa shape index (κ2) is 9.50. The van der Waals surface area contributed by atoms with Crippen molar-refractivity contribution in [2.45, 2.75) is 23.8 Å². The summed E-state index contributed by atoms with van der Waals surface area (Å²) in [6, 6.07) is 26.5. The van der Waals surface area contributed by atoms with Crippen LogP contribution in [0, 0.1) is 11.8 Å². The summed E-state index contributed by atoms with van der Waals surface area (Å²) in [5.41, 5.74) is 1.77. The van der Waals surface area contributed by atoms with Gasteiger partial charge in [-0.15, -0.1) is 5.10 Å². The van der Waals surface area contributed by atoms with E-state index in [4.69, 9.17) is 4.74 Å². The molecule has 3 aliphatic heterocycles. The topological polar surface area (TPSA) is 110 Å². The van der Waals surface area contributed by atoms with Crippen molar-refractivity contribution in [3.8, 4) is 0 Å². The van der Waals surface area contributed by atoms with E-state index in [0.29, 0.717) is 5.82 Å². The van der Waals surface area contributed by atoms with Crippen molar-refractivity contribution >= 4 is 27.8 Å². The second-order valence-electron chi connectivity index (χ2n) is 10.4. The highest BCUT2D eigenvalue weighted by Gasteiger charge is 2.68. The minimum absolute atomic E-state index is 0.197. The molecule has 9 nitrogen and oxygen atoms in total. The molecule has 0 radical (unpaired) electrons. The van der Waals surface area contributed by atoms with Crippen molar-refractivity contribution in [1.82, 2.24) is 25.1 Å². The van der Waals surface area contributed by atoms with Crippen LogP contribution in [0.15, 0.2) is 102 Å². The zero-order chi connectivity index (χ0) is 27.4. The quantitative estimate of drug-likeness (QED) is 0.320. The molecule has 3 aromatic carbocycles. The molecule has 4 heterocycles. The number of fused-ring (bicyclic) bond motifs is 1. The molecule has 1 N–H and O–H groups in total. The van der Waals surface area contributed by atoms with Crippen LogP contribution in [0.2, 0.25) is 0 Å². The van der Waals surface area contributed by atoms with Gasteiger partial charge in [0.15, 0.2) is 5.82 Å². The van der Waals surface area contributed by atoms with E-state index in [2.05, 4.69) is 31.5 Å². The number of aromatic nitrogens is 4. The molecule has 5 atom stereocenters. The molecule has 1 spiro atoms. The number of carboxylic acids is 1. The Morgan fingerprint density at radius 2 is 1.57 bits per heavy atom. The van der Waals surface area contributed by atoms with Crippen LogP contribution in [0.1, 0.15) is 34.6 Å². The average Bonchev–Trinajstić information content (AvgIpc) is 3.74. The van der Waals surface area contributed by atoms with Gasteiger partial charge in [-0.3, -0.25) is 9.59 Å². The first kappa shape index (κ1) is 24.9. The Kier molecular flexibility index (Phi) is 5.90. The molecule has 3 aliphatic rings. The first-order chi connectivity index (χ1) is 19.5. The van der Waals surface area contributed by atoms with Crippen LogP contribution in [0.5, 0.6) is 0 Å². The van der Waals surface area contributed by atoms with Gasteiger partial charge in [0.2, 0.25) is 5.91 Å². The number of nitrogens with zero attached hydrogens (tertiary/aromatic N) is 5. The lowest BCUT2D eigenvalue weighted by Gasteiger charge is -2.31. The Hall–Kier alpha value is -4.15. The van der Waals surface area contributed by atoms with Gasteiger partial charge in [0, 0.05) is 4.47 Å². The summed E-state index contributed by atoms with van der Waals surface area (Å²) in [5.74, 6) is -2.60. The summed E-state index contributed by atoms with van der Waals surface area (Å²) in [5, 5.41) is 23.0. The van der Waals surface area contributed by atoms with E-state index in [1.165, 1.54) is 0 Å². The minimum Gasteiger partial charge on any atom is -0.481 e. The lowest BCUT2D eigenvalue weighted by molar-refractivity contribution is -0.148. The smallest absolute Gasteiger partial charge is 0.310 e. The number of ether oxygens (including phenoxy) is 1. The molecule has 200 valence electrons. The standard InChI is InChI=1S/C30H24BrN5O4/c31-21-13-11-20(12-14-21)26(35-17-30-16-15-22(40-30)23(29(38)39)24(30)28(35)37)27-32-33-34-36(27)25(18-7-3-1-4-8-18)19-9-5-2-6-10-19/h1-16,22-26H,17H2,(H,38,39)/t22-,23+,24-,26+,30-/m1/s1. The third-order valence-corrected chi connectivity index (χ3v) is 8.68. The molecule has 10 heteroatoms. The Morgan fingerprint density at radius 3 is 2.20 bits per heavy atom. The first-order valence-electron chi connectivity index (χ1n) is 13.0. The zero-order valence-electron chi connectivity index (χ0n) is 21.1. The van der Waals surface area contributed by atoms with Crippen LogP contribution in [-0.4, -0.2) is 60.3 Å². The SMILES string of the molecule is O=C(O)[C@H]1[C@H]2C=C[C@]3(CN([C@@H](c4ccc(Br)cc4)c4nnnn4C(c4ccccc4)c4ccccc4)C(=O)[C@@H]13)O2. The van der Waals surface area contributed by atoms with E-state index >= 15 is 0 Å². The Morgan fingerprint density at radius 1 is 0.950 bits per heavy atom. The normalized spacial score (nSPS) is 25.5. The van der Waals surface area contributed by atoms with Gasteiger partial charge < -0.3 is 14.7 Å². The summed E-state index contributed by atoms with van der Waals surface area (Å²) >= 11 is 3.51. The number of carbonyl (C=O) groups is 2. The monoisotopic (exact) mass is 597 g/mol. The highest BCUT2D eigenvalue weighted by Crippen LogP contribution is 2.54. The largest absolute Gasteiger partial charge is 0.481 e. The number of amides is 1. The minimum atomic E-state index is -1.03. The van der Waals surface area contributed by atoms with E-state index in [1.54, 1.807) is 15.7 Å². The number of benzene rings is 3. The average molecular weight is 598 g/mol. The fourth-order valence-corrected chi connectivity index (χ4v) is 6.72. The summed E-state index contributed by atoms with van der Waals surface area (Å²) in [6.45, 7) is 0.197. The molecule has 1 amide bonds. The second-order valence-corrected chi connectivity index (χ2v) is 11.3. The van der Waals surface area contributed by atoms with Crippen LogP contribution in [0.3, 0.4) is 0 Å². The molecule has 2 saturated heterocycles. The Labute approximate surface area is 238 Å². The number of rotatable bonds is 7. The third-order valence-electron chi connectivity index (χ3n) is 8.15. The molecule has 4 aromatic rings. The van der Waals surface area contributed by atoms with E-state index in [0.717, 1.165) is 21.2 Å². The molecule has 2 bridgehead atoms. The fraction of sp³-hybridized carbons (Fsp3) is 0.233. The Balaban J connectivity index is 1.38. The summed E-state index contributed by atoms with van der Waals surface area (Å²) in [6.07, 6.45) is 3.02. The van der Waals surface area contributed by atoms with Crippen molar-refractivity contribution in [3.63, 3.8) is 0 Å². The Bertz CT molecular complexity index is 1570. The number of hydrogen-bond donors (Lipinski definition) is 1. The van der Waals surface area contributed by atoms with Crippen LogP contribution in [0.25, 0.3) is 0 Å². The van der Waals surface area contributed by atoms with E-state index < -0.39 is 35.6 Å². The maximum absolute atomic E-state index is 14.1. The number of aliphatic carboxylic acids is 1. The van der Waals surface area contributed by atoms with Gasteiger partial charge in [-0.25, -0.2) is 4.68 Å². The third kappa shape index (κ3) is 3.82. The zero-order valence-corrected chi connectivity index (χ0v) is 22.7. The molecule has 40 heavy (non-hydrogen) atoms. The molecule has 2 fully saturated rings. The van der Waals surface area contributed by atoms with Crippen LogP contribution in [0.4, 0.5) is 0 Å². The number of carbonyl (C=O) groups excluding carboxylic acids is 1. The van der Waals surface area contributed by atoms with Gasteiger partial charge in [-0.05, 0) is 39.2 Å². The van der Waals surface area contributed by atoms with Crippen LogP contribution >= 0.6 is 15.9 Å². The number of tetrazole rings is 1. The highest BCUT2D eigenvalue weighted by atomic mass is 79.9. The van der Waals surface area contributed by atoms with Gasteiger partial charge in [-0.1, -0.05) is 101 Å². The molecule has 0 aliphatic carbocycles. The maximum atomic E-state index is 14.1. The van der Waals surface area contributed by atoms with Crippen molar-refractivity contribution in [3.05, 3.63) is 124 Å². The van der Waals surface area contributed by atoms with Gasteiger partial charge in [0.1, 0.15) is 23.6 Å². The number of likely N-dealkylation sites (tertiary alicyclic amines) is 1. The van der Waals surface area contributed by atoms with Crippen LogP contribution in [-0.2, 0) is 14.3 Å². The molecular weight excluding hydrogens is 574 g/mol. The number of hydrogen-bond acceptors (Lipinski definition) is 6. The first-order valence-corrected chi connectivity index (χ1v) is 13.8. The van der Waals surface area contributed by atoms with Crippen molar-refractivity contribution in [1.29, 1.82) is 0 Å². The van der Waals surface area contributed by atoms with E-state index in [9.17, 15) is 14.7 Å². The van der Waals surface area contributed by atoms with Crippen LogP contribution < -0.4 is 0 Å². The lowest BCUT2D eigenvalue weighted by atomic mass is 9.77. The molecule has 0 saturated carbocycles. The molecule has 7 rings (SSSR count). The van der Waals surface area contributed by atoms with Crippen molar-refractivity contribution in [2.24, 2.45) is 11.8 Å². The number of halogens is 1. The van der Waals surface area contributed by atoms with Gasteiger partial charge in [0.25, 0.3) is 0 Å². The predicted molar refractivity (Wildman–Crippen MR) is 147 cm³/mol. The summed E-state index contributed by atoms with van der Waals surface area (Å²) in [4.78, 5) is 28.1. The highest BCUT2D eigenvalue weighted by molar-refractivity contribution is 9.10. The predicted octanol–water partition coefficient (Wildman–Crippen LogP) is 4.03. The van der Waals surface area contributed by atoms with Crippen molar-refractivity contribution in [2.75, 3.05) is 6.54 Å².